The Labute approximate surface area is 165 Å². The van der Waals surface area contributed by atoms with Crippen molar-refractivity contribution in [2.75, 3.05) is 5.73 Å². The summed E-state index contributed by atoms with van der Waals surface area (Å²) in [5.74, 6) is 0. The van der Waals surface area contributed by atoms with E-state index in [-0.39, 0.29) is 6.04 Å². The van der Waals surface area contributed by atoms with E-state index in [2.05, 4.69) is 10.3 Å². The molecule has 3 aromatic rings. The minimum atomic E-state index is -4.34. The van der Waals surface area contributed by atoms with Crippen LogP contribution in [0.4, 0.5) is 18.9 Å². The number of hydrogen-bond acceptors (Lipinski definition) is 5. The lowest BCUT2D eigenvalue weighted by Crippen LogP contribution is -2.24. The fourth-order valence-electron chi connectivity index (χ4n) is 2.93. The normalized spacial score (nSPS) is 12.7. The molecule has 9 heteroatoms. The van der Waals surface area contributed by atoms with Crippen molar-refractivity contribution in [2.24, 2.45) is 5.73 Å². The van der Waals surface area contributed by atoms with E-state index in [0.29, 0.717) is 36.3 Å². The zero-order valence-corrected chi connectivity index (χ0v) is 15.5. The van der Waals surface area contributed by atoms with Crippen LogP contribution in [0, 0.1) is 5.41 Å². The van der Waals surface area contributed by atoms with Gasteiger partial charge in [-0.25, -0.2) is 0 Å². The van der Waals surface area contributed by atoms with Gasteiger partial charge in [0.1, 0.15) is 5.69 Å². The summed E-state index contributed by atoms with van der Waals surface area (Å²) in [6, 6.07) is 10.1. The van der Waals surface area contributed by atoms with Crippen LogP contribution >= 0.6 is 0 Å². The van der Waals surface area contributed by atoms with E-state index < -0.39 is 11.7 Å². The zero-order valence-electron chi connectivity index (χ0n) is 15.5. The number of nitrogens with two attached hydrogens (primary N) is 2. The van der Waals surface area contributed by atoms with Crippen molar-refractivity contribution in [1.82, 2.24) is 15.0 Å². The molecule has 0 unspecified atom stereocenters. The van der Waals surface area contributed by atoms with Gasteiger partial charge in [0.15, 0.2) is 0 Å². The third kappa shape index (κ3) is 5.20. The molecule has 0 amide bonds. The number of hydrogen-bond donors (Lipinski definition) is 3. The van der Waals surface area contributed by atoms with Gasteiger partial charge in [-0.2, -0.15) is 13.2 Å². The Balaban J connectivity index is 1.57. The summed E-state index contributed by atoms with van der Waals surface area (Å²) in [6.07, 6.45) is -0.305. The van der Waals surface area contributed by atoms with Gasteiger partial charge in [0.05, 0.1) is 11.8 Å². The average molecular weight is 402 g/mol. The lowest BCUT2D eigenvalue weighted by Gasteiger charge is -2.12. The smallest absolute Gasteiger partial charge is 0.398 e. The average Bonchev–Trinajstić information content (AvgIpc) is 3.15. The van der Waals surface area contributed by atoms with Crippen LogP contribution in [0.1, 0.15) is 23.1 Å². The van der Waals surface area contributed by atoms with Gasteiger partial charge in [0.25, 0.3) is 0 Å². The number of nitrogen functional groups attached to an aromatic ring is 1. The second kappa shape index (κ2) is 8.44. The molecule has 0 fully saturated rings. The predicted octanol–water partition coefficient (Wildman–Crippen LogP) is 3.50. The van der Waals surface area contributed by atoms with Gasteiger partial charge in [0.2, 0.25) is 0 Å². The second-order valence-electron chi connectivity index (χ2n) is 6.80. The first-order valence-corrected chi connectivity index (χ1v) is 8.98. The fourth-order valence-corrected chi connectivity index (χ4v) is 2.93. The standard InChI is InChI=1S/C20H21F3N6/c21-20(22,23)16-4-1-13(2-5-16)9-17(25)7-8-29-12-19(27-28-29)14-3-6-18(26)15(10-14)11-24/h1-6,10-12,17,24H,7-9,25-26H2/t17-/m1/s1. The highest BCUT2D eigenvalue weighted by Gasteiger charge is 2.29. The maximum atomic E-state index is 12.6. The van der Waals surface area contributed by atoms with Crippen LogP contribution in [0.3, 0.4) is 0 Å². The summed E-state index contributed by atoms with van der Waals surface area (Å²) in [7, 11) is 0. The summed E-state index contributed by atoms with van der Waals surface area (Å²) < 4.78 is 39.5. The third-order valence-corrected chi connectivity index (χ3v) is 4.58. The van der Waals surface area contributed by atoms with Crippen molar-refractivity contribution in [3.05, 3.63) is 65.4 Å². The minimum absolute atomic E-state index is 0.222. The van der Waals surface area contributed by atoms with Crippen molar-refractivity contribution < 1.29 is 13.2 Å². The number of nitrogens with one attached hydrogen (secondary N) is 1. The molecule has 152 valence electrons. The fraction of sp³-hybridized carbons (Fsp3) is 0.250. The van der Waals surface area contributed by atoms with Crippen molar-refractivity contribution in [3.63, 3.8) is 0 Å². The topological polar surface area (TPSA) is 107 Å². The molecule has 0 aliphatic rings. The molecule has 2 aromatic carbocycles. The quantitative estimate of drug-likeness (QED) is 0.415. The molecule has 0 saturated carbocycles. The highest BCUT2D eigenvalue weighted by atomic mass is 19.4. The maximum absolute atomic E-state index is 12.6. The molecule has 0 spiro atoms. The Bertz CT molecular complexity index is 979. The number of nitrogens with zero attached hydrogens (tertiary/aromatic N) is 3. The van der Waals surface area contributed by atoms with Gasteiger partial charge >= 0.3 is 6.18 Å². The lowest BCUT2D eigenvalue weighted by atomic mass is 10.0. The van der Waals surface area contributed by atoms with Crippen molar-refractivity contribution in [1.29, 1.82) is 5.41 Å². The van der Waals surface area contributed by atoms with E-state index in [4.69, 9.17) is 16.9 Å². The monoisotopic (exact) mass is 402 g/mol. The van der Waals surface area contributed by atoms with Crippen molar-refractivity contribution in [3.8, 4) is 11.3 Å². The Kier molecular flexibility index (Phi) is 5.97. The molecule has 0 aliphatic heterocycles. The van der Waals surface area contributed by atoms with Gasteiger partial charge in [-0.3, -0.25) is 4.68 Å². The first-order valence-electron chi connectivity index (χ1n) is 8.98. The molecular formula is C20H21F3N6. The van der Waals surface area contributed by atoms with Crippen molar-refractivity contribution >= 4 is 11.9 Å². The number of anilines is 1. The first-order chi connectivity index (χ1) is 13.8. The first kappa shape index (κ1) is 20.5. The largest absolute Gasteiger partial charge is 0.416 e. The zero-order chi connectivity index (χ0) is 21.0. The van der Waals surface area contributed by atoms with Crippen LogP contribution in [0.25, 0.3) is 11.3 Å². The molecule has 29 heavy (non-hydrogen) atoms. The highest BCUT2D eigenvalue weighted by molar-refractivity contribution is 5.87. The SMILES string of the molecule is N=Cc1cc(-c2cn(CC[C@@H](N)Cc3ccc(C(F)(F)F)cc3)nn2)ccc1N. The van der Waals surface area contributed by atoms with E-state index in [1.807, 2.05) is 6.07 Å². The number of benzene rings is 2. The van der Waals surface area contributed by atoms with Crippen LogP contribution in [0.15, 0.2) is 48.7 Å². The van der Waals surface area contributed by atoms with Crippen LogP contribution in [0.2, 0.25) is 0 Å². The summed E-state index contributed by atoms with van der Waals surface area (Å²) in [4.78, 5) is 0. The predicted molar refractivity (Wildman–Crippen MR) is 105 cm³/mol. The maximum Gasteiger partial charge on any atom is 0.416 e. The van der Waals surface area contributed by atoms with E-state index in [1.165, 1.54) is 18.3 Å². The van der Waals surface area contributed by atoms with Crippen LogP contribution in [-0.2, 0) is 19.1 Å². The molecule has 0 bridgehead atoms. The molecular weight excluding hydrogens is 381 g/mol. The number of aryl methyl sites for hydroxylation is 1. The Hall–Kier alpha value is -3.20. The van der Waals surface area contributed by atoms with Gasteiger partial charge in [0, 0.05) is 35.6 Å². The lowest BCUT2D eigenvalue weighted by molar-refractivity contribution is -0.137. The second-order valence-corrected chi connectivity index (χ2v) is 6.80. The molecule has 3 rings (SSSR count). The highest BCUT2D eigenvalue weighted by Crippen LogP contribution is 2.29. The van der Waals surface area contributed by atoms with Crippen LogP contribution in [0.5, 0.6) is 0 Å². The summed E-state index contributed by atoms with van der Waals surface area (Å²) in [6.45, 7) is 0.529. The van der Waals surface area contributed by atoms with E-state index in [0.717, 1.165) is 23.3 Å². The van der Waals surface area contributed by atoms with Gasteiger partial charge < -0.3 is 16.9 Å². The van der Waals surface area contributed by atoms with Gasteiger partial charge in [-0.05, 0) is 42.7 Å². The third-order valence-electron chi connectivity index (χ3n) is 4.58. The summed E-state index contributed by atoms with van der Waals surface area (Å²) >= 11 is 0. The van der Waals surface area contributed by atoms with Crippen molar-refractivity contribution in [2.45, 2.75) is 31.6 Å². The molecule has 0 radical (unpaired) electrons. The van der Waals surface area contributed by atoms with E-state index in [9.17, 15) is 13.2 Å². The van der Waals surface area contributed by atoms with Crippen LogP contribution < -0.4 is 11.5 Å². The number of aromatic nitrogens is 3. The van der Waals surface area contributed by atoms with E-state index in [1.54, 1.807) is 23.0 Å². The van der Waals surface area contributed by atoms with Gasteiger partial charge in [-0.1, -0.05) is 23.4 Å². The van der Waals surface area contributed by atoms with Crippen LogP contribution in [-0.4, -0.2) is 27.3 Å². The molecule has 6 nitrogen and oxygen atoms in total. The molecule has 5 N–H and O–H groups in total. The van der Waals surface area contributed by atoms with E-state index >= 15 is 0 Å². The molecule has 0 saturated heterocycles. The molecule has 1 heterocycles. The number of alkyl halides is 3. The Morgan fingerprint density at radius 3 is 2.52 bits per heavy atom. The summed E-state index contributed by atoms with van der Waals surface area (Å²) in [5.41, 5.74) is 14.6. The molecule has 0 aliphatic carbocycles. The number of halogens is 3. The molecule has 1 atom stereocenters. The Morgan fingerprint density at radius 2 is 1.86 bits per heavy atom. The number of rotatable bonds is 7. The van der Waals surface area contributed by atoms with Gasteiger partial charge in [-0.15, -0.1) is 5.10 Å². The minimum Gasteiger partial charge on any atom is -0.398 e. The molecule has 1 aromatic heterocycles. The Morgan fingerprint density at radius 1 is 1.14 bits per heavy atom. The summed E-state index contributed by atoms with van der Waals surface area (Å²) in [5, 5.41) is 15.6.